The van der Waals surface area contributed by atoms with Gasteiger partial charge in [0.05, 0.1) is 42.2 Å². The second-order valence-electron chi connectivity index (χ2n) is 15.2. The summed E-state index contributed by atoms with van der Waals surface area (Å²) in [6, 6.07) is 6.21. The first-order valence-corrected chi connectivity index (χ1v) is 23.8. The zero-order valence-electron chi connectivity index (χ0n) is 32.9. The summed E-state index contributed by atoms with van der Waals surface area (Å²) in [5.74, 6) is -3.10. The van der Waals surface area contributed by atoms with E-state index in [2.05, 4.69) is 9.97 Å². The fourth-order valence-corrected chi connectivity index (χ4v) is 10.5. The molecule has 0 aromatic carbocycles. The Morgan fingerprint density at radius 2 is 0.578 bits per heavy atom. The smallest absolute Gasteiger partial charge is 0.217 e. The highest BCUT2D eigenvalue weighted by Gasteiger charge is 2.30. The van der Waals surface area contributed by atoms with E-state index in [1.165, 1.54) is 0 Å². The van der Waals surface area contributed by atoms with Crippen LogP contribution in [0.2, 0.25) is 0 Å². The van der Waals surface area contributed by atoms with Gasteiger partial charge in [-0.1, -0.05) is 0 Å². The fourth-order valence-electron chi connectivity index (χ4n) is 8.72. The molecule has 3 aromatic heterocycles. The van der Waals surface area contributed by atoms with Crippen LogP contribution in [-0.4, -0.2) is 73.1 Å². The predicted molar refractivity (Wildman–Crippen MR) is 239 cm³/mol. The first kappa shape index (κ1) is 42.8. The monoisotopic (exact) mass is 946 g/mol. The van der Waals surface area contributed by atoms with Crippen molar-refractivity contribution in [3.63, 3.8) is 0 Å². The number of allylic oxidation sites excluding steroid dienone is 16. The van der Waals surface area contributed by atoms with Crippen molar-refractivity contribution < 1.29 is 51.2 Å². The number of aromatic nitrogens is 4. The van der Waals surface area contributed by atoms with Crippen molar-refractivity contribution in [1.29, 1.82) is 0 Å². The van der Waals surface area contributed by atoms with Crippen molar-refractivity contribution in [2.24, 2.45) is 0 Å². The average molecular weight is 947 g/mol. The van der Waals surface area contributed by atoms with Crippen LogP contribution in [0.4, 0.5) is 17.6 Å². The maximum absolute atomic E-state index is 16.1. The van der Waals surface area contributed by atoms with Crippen LogP contribution in [0, 0.1) is 0 Å². The van der Waals surface area contributed by atoms with Gasteiger partial charge in [-0.25, -0.2) is 17.6 Å². The molecule has 9 rings (SSSR count). The molecule has 0 atom stereocenters. The topological polar surface area (TPSA) is 194 Å². The summed E-state index contributed by atoms with van der Waals surface area (Å²) < 4.78 is 162. The zero-order chi connectivity index (χ0) is 45.1. The molecule has 4 aliphatic carbocycles. The number of H-pyrrole nitrogens is 2. The summed E-state index contributed by atoms with van der Waals surface area (Å²) in [5, 5.41) is 0. The number of rotatable bonds is 4. The molecular formula is C44H30F4N4O8S4. The van der Waals surface area contributed by atoms with E-state index in [1.807, 2.05) is 0 Å². The standard InChI is InChI=1S/C44H30F4N4O8S4/c45-29-5-1-21(61(53)54)17-25(29)41-33-9-11-35(49-33)42(26-18-22(62(55)56)2-6-30(26)46)37-13-15-39(51-37)44(28-20-24(64(59)60)4-8-32(28)48)40-16-14-38(52-40)43(36-12-10-34(41)50-36)27-19-23(63(57)58)3-7-31(27)47/h1-9,11,14,16,49,52H,10,12-13,15,17-20H2. The van der Waals surface area contributed by atoms with E-state index in [1.54, 1.807) is 24.3 Å². The van der Waals surface area contributed by atoms with E-state index in [0.717, 1.165) is 48.6 Å². The number of aromatic amines is 2. The van der Waals surface area contributed by atoms with Gasteiger partial charge < -0.3 is 9.97 Å². The minimum atomic E-state index is -2.74. The first-order chi connectivity index (χ1) is 30.7. The molecule has 326 valence electrons. The molecule has 0 spiro atoms. The largest absolute Gasteiger partial charge is 0.354 e. The quantitative estimate of drug-likeness (QED) is 0.211. The Balaban J connectivity index is 1.49. The van der Waals surface area contributed by atoms with E-state index in [9.17, 15) is 33.7 Å². The van der Waals surface area contributed by atoms with Gasteiger partial charge in [-0.2, -0.15) is 33.7 Å². The summed E-state index contributed by atoms with van der Waals surface area (Å²) >= 11 is 0. The minimum absolute atomic E-state index is 0.0618. The Bertz CT molecular complexity index is 3270. The summed E-state index contributed by atoms with van der Waals surface area (Å²) in [5.41, 5.74) is 2.11. The summed E-state index contributed by atoms with van der Waals surface area (Å²) in [7, 11) is -11.0. The number of aryl methyl sites for hydroxylation is 4. The number of hydrogen-bond acceptors (Lipinski definition) is 10. The van der Waals surface area contributed by atoms with E-state index in [0.29, 0.717) is 0 Å². The van der Waals surface area contributed by atoms with E-state index in [4.69, 9.17) is 9.97 Å². The van der Waals surface area contributed by atoms with Gasteiger partial charge in [-0.05, 0) is 98.6 Å². The lowest BCUT2D eigenvalue weighted by Crippen LogP contribution is -2.07. The van der Waals surface area contributed by atoms with Gasteiger partial charge in [0.1, 0.15) is 23.3 Å². The van der Waals surface area contributed by atoms with Crippen molar-refractivity contribution in [3.05, 3.63) is 141 Å². The fraction of sp³-hybridized carbons (Fsp3) is 0.182. The van der Waals surface area contributed by atoms with E-state index in [-0.39, 0.29) is 160 Å². The second kappa shape index (κ2) is 16.9. The van der Waals surface area contributed by atoms with E-state index < -0.39 is 64.5 Å². The third kappa shape index (κ3) is 7.79. The van der Waals surface area contributed by atoms with Gasteiger partial charge in [0.25, 0.3) is 0 Å². The highest BCUT2D eigenvalue weighted by molar-refractivity contribution is 7.74. The highest BCUT2D eigenvalue weighted by atomic mass is 32.2. The molecule has 6 aliphatic rings. The first-order valence-electron chi connectivity index (χ1n) is 19.5. The third-order valence-electron chi connectivity index (χ3n) is 11.6. The van der Waals surface area contributed by atoms with Crippen LogP contribution in [0.5, 0.6) is 0 Å². The molecule has 20 heteroatoms. The van der Waals surface area contributed by atoms with Gasteiger partial charge in [0, 0.05) is 92.3 Å². The number of fused-ring (bicyclic) bond motifs is 8. The molecule has 12 nitrogen and oxygen atoms in total. The lowest BCUT2D eigenvalue weighted by molar-refractivity contribution is 0.625. The summed E-state index contributed by atoms with van der Waals surface area (Å²) in [6.45, 7) is 0. The van der Waals surface area contributed by atoms with Crippen molar-refractivity contribution in [2.45, 2.75) is 51.4 Å². The van der Waals surface area contributed by atoms with Crippen molar-refractivity contribution in [1.82, 2.24) is 19.9 Å². The molecule has 5 heterocycles. The van der Waals surface area contributed by atoms with Crippen LogP contribution in [0.3, 0.4) is 0 Å². The molecular weight excluding hydrogens is 917 g/mol. The molecule has 0 radical (unpaired) electrons. The lowest BCUT2D eigenvalue weighted by Gasteiger charge is -2.15. The SMILES string of the molecule is O=S(=O)=C1C=CC(F)=C(c2c3nc(c(C4=C(F)C=CC(=S(=O)=O)C4)c4ccc([nH]4)c(C4=C(F)C=CC(=S(=O)=O)C4)c4nc(c(C5=C(F)C=CC(=S(=O)=O)C5)c5ccc2[nH]5)CC4)CC3)C1. The Labute approximate surface area is 367 Å². The van der Waals surface area contributed by atoms with Crippen molar-refractivity contribution in [3.8, 4) is 0 Å². The molecule has 2 N–H and O–H groups in total. The normalized spacial score (nSPS) is 17.7. The molecule has 2 aliphatic heterocycles. The van der Waals surface area contributed by atoms with Gasteiger partial charge in [-0.15, -0.1) is 0 Å². The zero-order valence-corrected chi connectivity index (χ0v) is 36.2. The third-order valence-corrected chi connectivity index (χ3v) is 14.5. The van der Waals surface area contributed by atoms with Gasteiger partial charge in [0.2, 0.25) is 41.2 Å². The van der Waals surface area contributed by atoms with Gasteiger partial charge >= 0.3 is 0 Å². The molecule has 0 unspecified atom stereocenters. The van der Waals surface area contributed by atoms with Crippen LogP contribution >= 0.6 is 0 Å². The van der Waals surface area contributed by atoms with Gasteiger partial charge in [-0.3, -0.25) is 9.97 Å². The number of nitrogens with one attached hydrogen (secondary N) is 2. The maximum Gasteiger partial charge on any atom is 0.217 e. The Hall–Kier alpha value is -6.48. The number of nitrogens with zero attached hydrogens (tertiary/aromatic N) is 2. The molecule has 64 heavy (non-hydrogen) atoms. The van der Waals surface area contributed by atoms with E-state index >= 15 is 17.6 Å². The molecule has 0 saturated heterocycles. The Kier molecular flexibility index (Phi) is 11.3. The van der Waals surface area contributed by atoms with Crippen molar-refractivity contribution >= 4 is 105 Å². The van der Waals surface area contributed by atoms with Crippen LogP contribution < -0.4 is 0 Å². The minimum Gasteiger partial charge on any atom is -0.354 e. The molecule has 8 bridgehead atoms. The average Bonchev–Trinajstić information content (AvgIpc) is 4.11. The summed E-state index contributed by atoms with van der Waals surface area (Å²) in [4.78, 5) is 15.8. The molecule has 0 saturated carbocycles. The molecule has 0 fully saturated rings. The second-order valence-corrected chi connectivity index (χ2v) is 19.2. The Morgan fingerprint density at radius 1 is 0.359 bits per heavy atom. The van der Waals surface area contributed by atoms with Crippen LogP contribution in [0.25, 0.3) is 44.4 Å². The maximum atomic E-state index is 16.1. The van der Waals surface area contributed by atoms with Crippen molar-refractivity contribution in [2.75, 3.05) is 0 Å². The molecule has 0 amide bonds. The number of halogens is 4. The number of hydrogen-bond donors (Lipinski definition) is 2. The van der Waals surface area contributed by atoms with Crippen LogP contribution in [0.1, 0.15) is 70.7 Å². The van der Waals surface area contributed by atoms with Gasteiger partial charge in [0.15, 0.2) is 0 Å². The van der Waals surface area contributed by atoms with Crippen LogP contribution in [0.15, 0.2) is 96.2 Å². The summed E-state index contributed by atoms with van der Waals surface area (Å²) in [6.07, 6.45) is 7.39. The predicted octanol–water partition coefficient (Wildman–Crippen LogP) is 6.65. The molecule has 3 aromatic rings. The lowest BCUT2D eigenvalue weighted by atomic mass is 9.93. The van der Waals surface area contributed by atoms with Crippen LogP contribution in [-0.2, 0) is 66.9 Å². The Morgan fingerprint density at radius 3 is 0.781 bits per heavy atom. The highest BCUT2D eigenvalue weighted by Crippen LogP contribution is 2.41.